The molecule has 2 amide bonds. The summed E-state index contributed by atoms with van der Waals surface area (Å²) in [4.78, 5) is 24.0. The lowest BCUT2D eigenvalue weighted by Crippen LogP contribution is -2.17. The Labute approximate surface area is 153 Å². The van der Waals surface area contributed by atoms with Crippen LogP contribution in [0.15, 0.2) is 53.4 Å². The molecule has 2 N–H and O–H groups in total. The Kier molecular flexibility index (Phi) is 6.68. The summed E-state index contributed by atoms with van der Waals surface area (Å²) in [6.07, 6.45) is -4.58. The van der Waals surface area contributed by atoms with Crippen LogP contribution in [0.25, 0.3) is 0 Å². The first-order chi connectivity index (χ1) is 12.3. The van der Waals surface area contributed by atoms with Crippen molar-refractivity contribution in [2.75, 3.05) is 16.4 Å². The standard InChI is InChI=1S/C18H17F3N2O2S/c1-12(24)22-13-7-8-16(15(11-13)18(19,20)21)23-17(25)9-10-26-14-5-3-2-4-6-14/h2-8,11H,9-10H2,1H3,(H,22,24)(H,23,25). The molecule has 0 bridgehead atoms. The van der Waals surface area contributed by atoms with E-state index >= 15 is 0 Å². The maximum atomic E-state index is 13.2. The number of amides is 2. The van der Waals surface area contributed by atoms with Gasteiger partial charge in [0.2, 0.25) is 11.8 Å². The van der Waals surface area contributed by atoms with Gasteiger partial charge < -0.3 is 10.6 Å². The molecule has 0 radical (unpaired) electrons. The summed E-state index contributed by atoms with van der Waals surface area (Å²) in [6.45, 7) is 1.20. The highest BCUT2D eigenvalue weighted by molar-refractivity contribution is 7.99. The predicted octanol–water partition coefficient (Wildman–Crippen LogP) is 4.78. The zero-order valence-electron chi connectivity index (χ0n) is 13.9. The summed E-state index contributed by atoms with van der Waals surface area (Å²) in [5.41, 5.74) is -1.32. The Morgan fingerprint density at radius 1 is 1.04 bits per heavy atom. The van der Waals surface area contributed by atoms with Crippen LogP contribution in [0.3, 0.4) is 0 Å². The van der Waals surface area contributed by atoms with Gasteiger partial charge in [0, 0.05) is 29.7 Å². The van der Waals surface area contributed by atoms with Gasteiger partial charge in [0.25, 0.3) is 0 Å². The average Bonchev–Trinajstić information content (AvgIpc) is 2.56. The van der Waals surface area contributed by atoms with Crippen molar-refractivity contribution in [1.82, 2.24) is 0 Å². The third-order valence-corrected chi connectivity index (χ3v) is 4.27. The van der Waals surface area contributed by atoms with Gasteiger partial charge in [0.05, 0.1) is 11.3 Å². The van der Waals surface area contributed by atoms with Gasteiger partial charge in [-0.3, -0.25) is 9.59 Å². The first kappa shape index (κ1) is 19.8. The van der Waals surface area contributed by atoms with Crippen molar-refractivity contribution < 1.29 is 22.8 Å². The number of benzene rings is 2. The van der Waals surface area contributed by atoms with Crippen molar-refractivity contribution in [2.45, 2.75) is 24.4 Å². The van der Waals surface area contributed by atoms with Gasteiger partial charge in [-0.05, 0) is 30.3 Å². The van der Waals surface area contributed by atoms with E-state index in [1.54, 1.807) is 0 Å². The Balaban J connectivity index is 2.02. The van der Waals surface area contributed by atoms with Crippen molar-refractivity contribution in [3.8, 4) is 0 Å². The van der Waals surface area contributed by atoms with E-state index < -0.39 is 23.6 Å². The average molecular weight is 382 g/mol. The Bertz CT molecular complexity index is 780. The lowest BCUT2D eigenvalue weighted by molar-refractivity contribution is -0.137. The van der Waals surface area contributed by atoms with Gasteiger partial charge >= 0.3 is 6.18 Å². The van der Waals surface area contributed by atoms with Crippen molar-refractivity contribution >= 4 is 35.0 Å². The fourth-order valence-electron chi connectivity index (χ4n) is 2.16. The van der Waals surface area contributed by atoms with Crippen LogP contribution in [0.5, 0.6) is 0 Å². The molecule has 2 rings (SSSR count). The monoisotopic (exact) mass is 382 g/mol. The second-order valence-electron chi connectivity index (χ2n) is 5.40. The number of carbonyl (C=O) groups excluding carboxylic acids is 2. The van der Waals surface area contributed by atoms with Gasteiger partial charge in [-0.2, -0.15) is 13.2 Å². The van der Waals surface area contributed by atoms with Crippen LogP contribution >= 0.6 is 11.8 Å². The van der Waals surface area contributed by atoms with Crippen LogP contribution < -0.4 is 10.6 Å². The van der Waals surface area contributed by atoms with Gasteiger partial charge in [-0.15, -0.1) is 11.8 Å². The SMILES string of the molecule is CC(=O)Nc1ccc(NC(=O)CCSc2ccccc2)c(C(F)(F)F)c1. The van der Waals surface area contributed by atoms with Gasteiger partial charge in [0.15, 0.2) is 0 Å². The number of carbonyl (C=O) groups is 2. The molecule has 0 saturated heterocycles. The summed E-state index contributed by atoms with van der Waals surface area (Å²) in [6, 6.07) is 12.6. The number of rotatable bonds is 6. The van der Waals surface area contributed by atoms with Crippen molar-refractivity contribution in [1.29, 1.82) is 0 Å². The highest BCUT2D eigenvalue weighted by atomic mass is 32.2. The maximum Gasteiger partial charge on any atom is 0.418 e. The predicted molar refractivity (Wildman–Crippen MR) is 96.2 cm³/mol. The third-order valence-electron chi connectivity index (χ3n) is 3.26. The van der Waals surface area contributed by atoms with Crippen molar-refractivity contribution in [3.63, 3.8) is 0 Å². The molecular weight excluding hydrogens is 365 g/mol. The molecule has 0 unspecified atom stereocenters. The molecule has 0 aliphatic heterocycles. The Morgan fingerprint density at radius 3 is 2.35 bits per heavy atom. The molecule has 4 nitrogen and oxygen atoms in total. The van der Waals surface area contributed by atoms with E-state index in [-0.39, 0.29) is 17.8 Å². The van der Waals surface area contributed by atoms with E-state index in [4.69, 9.17) is 0 Å². The summed E-state index contributed by atoms with van der Waals surface area (Å²) in [5, 5.41) is 4.59. The minimum atomic E-state index is -4.66. The van der Waals surface area contributed by atoms with Crippen molar-refractivity contribution in [2.24, 2.45) is 0 Å². The number of nitrogens with one attached hydrogen (secondary N) is 2. The molecule has 138 valence electrons. The molecule has 26 heavy (non-hydrogen) atoms. The first-order valence-electron chi connectivity index (χ1n) is 7.72. The quantitative estimate of drug-likeness (QED) is 0.707. The molecular formula is C18H17F3N2O2S. The zero-order chi connectivity index (χ0) is 19.2. The number of hydrogen-bond acceptors (Lipinski definition) is 3. The zero-order valence-corrected chi connectivity index (χ0v) is 14.7. The molecule has 0 heterocycles. The lowest BCUT2D eigenvalue weighted by Gasteiger charge is -2.15. The molecule has 2 aromatic rings. The van der Waals surface area contributed by atoms with Crippen LogP contribution in [0.2, 0.25) is 0 Å². The summed E-state index contributed by atoms with van der Waals surface area (Å²) in [7, 11) is 0. The Hall–Kier alpha value is -2.48. The Morgan fingerprint density at radius 2 is 1.73 bits per heavy atom. The lowest BCUT2D eigenvalue weighted by atomic mass is 10.1. The van der Waals surface area contributed by atoms with Crippen LogP contribution in [-0.4, -0.2) is 17.6 Å². The second kappa shape index (κ2) is 8.75. The minimum Gasteiger partial charge on any atom is -0.326 e. The van der Waals surface area contributed by atoms with E-state index in [0.29, 0.717) is 5.75 Å². The summed E-state index contributed by atoms with van der Waals surface area (Å²) in [5.74, 6) is -0.541. The fourth-order valence-corrected chi connectivity index (χ4v) is 3.03. The number of halogens is 3. The van der Waals surface area contributed by atoms with E-state index in [0.717, 1.165) is 17.0 Å². The van der Waals surface area contributed by atoms with Gasteiger partial charge in [0.1, 0.15) is 0 Å². The van der Waals surface area contributed by atoms with Crippen molar-refractivity contribution in [3.05, 3.63) is 54.1 Å². The van der Waals surface area contributed by atoms with Crippen LogP contribution in [0, 0.1) is 0 Å². The fraction of sp³-hybridized carbons (Fsp3) is 0.222. The molecule has 0 aromatic heterocycles. The van der Waals surface area contributed by atoms with E-state index in [2.05, 4.69) is 10.6 Å². The minimum absolute atomic E-state index is 0.0162. The molecule has 2 aromatic carbocycles. The highest BCUT2D eigenvalue weighted by Gasteiger charge is 2.34. The highest BCUT2D eigenvalue weighted by Crippen LogP contribution is 2.36. The van der Waals surface area contributed by atoms with E-state index in [1.165, 1.54) is 24.8 Å². The van der Waals surface area contributed by atoms with Crippen LogP contribution in [0.1, 0.15) is 18.9 Å². The van der Waals surface area contributed by atoms with Gasteiger partial charge in [-0.1, -0.05) is 18.2 Å². The molecule has 0 spiro atoms. The second-order valence-corrected chi connectivity index (χ2v) is 6.57. The number of hydrogen-bond donors (Lipinski definition) is 2. The van der Waals surface area contributed by atoms with E-state index in [1.807, 2.05) is 30.3 Å². The molecule has 0 atom stereocenters. The van der Waals surface area contributed by atoms with Gasteiger partial charge in [-0.25, -0.2) is 0 Å². The number of alkyl halides is 3. The molecule has 8 heteroatoms. The van der Waals surface area contributed by atoms with Crippen LogP contribution in [-0.2, 0) is 15.8 Å². The third kappa shape index (κ3) is 6.11. The molecule has 0 aliphatic carbocycles. The summed E-state index contributed by atoms with van der Waals surface area (Å²) >= 11 is 1.45. The topological polar surface area (TPSA) is 58.2 Å². The largest absolute Gasteiger partial charge is 0.418 e. The normalized spacial score (nSPS) is 11.1. The smallest absolute Gasteiger partial charge is 0.326 e. The summed E-state index contributed by atoms with van der Waals surface area (Å²) < 4.78 is 39.7. The molecule has 0 fully saturated rings. The number of anilines is 2. The van der Waals surface area contributed by atoms with Crippen LogP contribution in [0.4, 0.5) is 24.5 Å². The first-order valence-corrected chi connectivity index (χ1v) is 8.71. The molecule has 0 aliphatic rings. The van der Waals surface area contributed by atoms with E-state index in [9.17, 15) is 22.8 Å². The number of thioether (sulfide) groups is 1. The molecule has 0 saturated carbocycles. The maximum absolute atomic E-state index is 13.2.